The topological polar surface area (TPSA) is 92.8 Å². The van der Waals surface area contributed by atoms with Crippen molar-refractivity contribution in [3.63, 3.8) is 0 Å². The zero-order valence-electron chi connectivity index (χ0n) is 15.6. The number of nitrogens with zero attached hydrogens (tertiary/aromatic N) is 4. The highest BCUT2D eigenvalue weighted by Gasteiger charge is 2.29. The molecule has 0 saturated carbocycles. The molecule has 4 rings (SSSR count). The average molecular weight is 400 g/mol. The van der Waals surface area contributed by atoms with Gasteiger partial charge < -0.3 is 20.5 Å². The van der Waals surface area contributed by atoms with Crippen LogP contribution in [0.15, 0.2) is 42.9 Å². The molecule has 1 saturated heterocycles. The third kappa shape index (κ3) is 3.81. The zero-order valence-corrected chi connectivity index (χ0v) is 16.4. The predicted octanol–water partition coefficient (Wildman–Crippen LogP) is 1.36. The van der Waals surface area contributed by atoms with Crippen LogP contribution >= 0.6 is 11.6 Å². The molecule has 2 aromatic heterocycles. The molecule has 0 radical (unpaired) electrons. The molecular formula is C20H24ClN6O+. The zero-order chi connectivity index (χ0) is 19.5. The summed E-state index contributed by atoms with van der Waals surface area (Å²) in [4.78, 5) is 29.0. The van der Waals surface area contributed by atoms with Crippen molar-refractivity contribution in [2.24, 2.45) is 5.92 Å². The van der Waals surface area contributed by atoms with Crippen molar-refractivity contribution in [1.82, 2.24) is 19.9 Å². The van der Waals surface area contributed by atoms with Crippen LogP contribution in [-0.2, 0) is 11.2 Å². The number of aromatic nitrogens is 3. The van der Waals surface area contributed by atoms with E-state index in [1.54, 1.807) is 6.33 Å². The number of aromatic amines is 1. The number of hydrogen-bond acceptors (Lipinski definition) is 4. The number of halogens is 1. The maximum absolute atomic E-state index is 13.0. The fourth-order valence-electron chi connectivity index (χ4n) is 3.73. The number of anilines is 1. The Morgan fingerprint density at radius 1 is 1.14 bits per heavy atom. The number of fused-ring (bicyclic) bond motifs is 1. The van der Waals surface area contributed by atoms with Gasteiger partial charge in [0, 0.05) is 37.4 Å². The van der Waals surface area contributed by atoms with Crippen LogP contribution in [-0.4, -0.2) is 58.5 Å². The van der Waals surface area contributed by atoms with E-state index in [1.165, 1.54) is 0 Å². The van der Waals surface area contributed by atoms with Gasteiger partial charge in [-0.15, -0.1) is 0 Å². The van der Waals surface area contributed by atoms with Crippen molar-refractivity contribution in [2.45, 2.75) is 6.42 Å². The molecule has 0 unspecified atom stereocenters. The van der Waals surface area contributed by atoms with E-state index in [0.717, 1.165) is 35.5 Å². The SMILES string of the molecule is [NH3+]C[C@H](Cc1ccc(Cl)cc1)C(=O)N1CCN(c2ncnc3[nH]ccc23)CC1. The van der Waals surface area contributed by atoms with Crippen LogP contribution in [0.4, 0.5) is 5.82 Å². The molecule has 0 aliphatic carbocycles. The van der Waals surface area contributed by atoms with E-state index in [4.69, 9.17) is 11.6 Å². The molecule has 0 spiro atoms. The first-order chi connectivity index (χ1) is 13.7. The molecular weight excluding hydrogens is 376 g/mol. The second-order valence-corrected chi connectivity index (χ2v) is 7.50. The van der Waals surface area contributed by atoms with Crippen molar-refractivity contribution in [3.05, 3.63) is 53.4 Å². The molecule has 0 bridgehead atoms. The second-order valence-electron chi connectivity index (χ2n) is 7.07. The van der Waals surface area contributed by atoms with E-state index in [1.807, 2.05) is 41.4 Å². The number of nitrogens with one attached hydrogen (secondary N) is 1. The molecule has 4 N–H and O–H groups in total. The molecule has 28 heavy (non-hydrogen) atoms. The van der Waals surface area contributed by atoms with Gasteiger partial charge in [-0.05, 0) is 30.2 Å². The number of carbonyl (C=O) groups is 1. The standard InChI is InChI=1S/C20H23ClN6O/c21-16-3-1-14(2-4-16)11-15(12-22)20(28)27-9-7-26(8-10-27)19-17-5-6-23-18(17)24-13-25-19/h1-6,13,15H,7-12,22H2,(H,23,24,25)/p+1/t15-/m0/s1. The van der Waals surface area contributed by atoms with Crippen molar-refractivity contribution in [3.8, 4) is 0 Å². The third-order valence-corrected chi connectivity index (χ3v) is 5.57. The minimum atomic E-state index is -0.108. The summed E-state index contributed by atoms with van der Waals surface area (Å²) >= 11 is 5.96. The minimum Gasteiger partial charge on any atom is -0.357 e. The molecule has 7 nitrogen and oxygen atoms in total. The Bertz CT molecular complexity index is 949. The van der Waals surface area contributed by atoms with E-state index in [-0.39, 0.29) is 11.8 Å². The van der Waals surface area contributed by atoms with Gasteiger partial charge in [-0.25, -0.2) is 9.97 Å². The summed E-state index contributed by atoms with van der Waals surface area (Å²) in [6.07, 6.45) is 4.14. The van der Waals surface area contributed by atoms with Crippen molar-refractivity contribution < 1.29 is 10.5 Å². The van der Waals surface area contributed by atoms with E-state index >= 15 is 0 Å². The number of benzene rings is 1. The van der Waals surface area contributed by atoms with E-state index < -0.39 is 0 Å². The predicted molar refractivity (Wildman–Crippen MR) is 109 cm³/mol. The van der Waals surface area contributed by atoms with Crippen LogP contribution in [0.3, 0.4) is 0 Å². The normalized spacial score (nSPS) is 15.8. The number of quaternary nitrogens is 1. The molecule has 3 heterocycles. The highest BCUT2D eigenvalue weighted by atomic mass is 35.5. The van der Waals surface area contributed by atoms with Gasteiger partial charge in [0.1, 0.15) is 17.8 Å². The van der Waals surface area contributed by atoms with Crippen molar-refractivity contribution in [1.29, 1.82) is 0 Å². The van der Waals surface area contributed by atoms with Crippen LogP contribution in [0, 0.1) is 5.92 Å². The fraction of sp³-hybridized carbons (Fsp3) is 0.350. The van der Waals surface area contributed by atoms with Gasteiger partial charge in [0.2, 0.25) is 5.91 Å². The highest BCUT2D eigenvalue weighted by molar-refractivity contribution is 6.30. The lowest BCUT2D eigenvalue weighted by atomic mass is 9.97. The fourth-order valence-corrected chi connectivity index (χ4v) is 3.85. The maximum atomic E-state index is 13.0. The Hall–Kier alpha value is -2.64. The molecule has 1 aliphatic heterocycles. The van der Waals surface area contributed by atoms with Crippen LogP contribution < -0.4 is 10.6 Å². The van der Waals surface area contributed by atoms with Gasteiger partial charge in [-0.3, -0.25) is 4.79 Å². The van der Waals surface area contributed by atoms with E-state index in [9.17, 15) is 4.79 Å². The molecule has 8 heteroatoms. The van der Waals surface area contributed by atoms with Crippen LogP contribution in [0.25, 0.3) is 11.0 Å². The summed E-state index contributed by atoms with van der Waals surface area (Å²) in [5.41, 5.74) is 5.95. The lowest BCUT2D eigenvalue weighted by Gasteiger charge is -2.36. The van der Waals surface area contributed by atoms with Gasteiger partial charge in [0.05, 0.1) is 17.8 Å². The largest absolute Gasteiger partial charge is 0.357 e. The van der Waals surface area contributed by atoms with Gasteiger partial charge in [0.25, 0.3) is 0 Å². The first kappa shape index (κ1) is 18.7. The van der Waals surface area contributed by atoms with E-state index in [2.05, 4.69) is 25.6 Å². The second kappa shape index (κ2) is 8.16. The van der Waals surface area contributed by atoms with Crippen molar-refractivity contribution in [2.75, 3.05) is 37.6 Å². The lowest BCUT2D eigenvalue weighted by molar-refractivity contribution is -0.376. The molecule has 1 aliphatic rings. The number of hydrogen-bond donors (Lipinski definition) is 2. The Morgan fingerprint density at radius 2 is 1.89 bits per heavy atom. The summed E-state index contributed by atoms with van der Waals surface area (Å²) in [5.74, 6) is 0.996. The number of rotatable bonds is 5. The summed E-state index contributed by atoms with van der Waals surface area (Å²) in [6, 6.07) is 9.68. The Kier molecular flexibility index (Phi) is 5.45. The maximum Gasteiger partial charge on any atom is 0.231 e. The first-order valence-electron chi connectivity index (χ1n) is 9.51. The van der Waals surface area contributed by atoms with Gasteiger partial charge >= 0.3 is 0 Å². The summed E-state index contributed by atoms with van der Waals surface area (Å²) in [6.45, 7) is 3.47. The van der Waals surface area contributed by atoms with Gasteiger partial charge in [-0.2, -0.15) is 0 Å². The number of piperazine rings is 1. The lowest BCUT2D eigenvalue weighted by Crippen LogP contribution is -2.59. The molecule has 1 fully saturated rings. The van der Waals surface area contributed by atoms with E-state index in [0.29, 0.717) is 31.1 Å². The minimum absolute atomic E-state index is 0.108. The quantitative estimate of drug-likeness (QED) is 0.677. The molecule has 3 aromatic rings. The molecule has 1 aromatic carbocycles. The van der Waals surface area contributed by atoms with Crippen LogP contribution in [0.5, 0.6) is 0 Å². The van der Waals surface area contributed by atoms with Gasteiger partial charge in [0.15, 0.2) is 0 Å². The Labute approximate surface area is 168 Å². The Balaban J connectivity index is 1.40. The monoisotopic (exact) mass is 399 g/mol. The van der Waals surface area contributed by atoms with Crippen LogP contribution in [0.1, 0.15) is 5.56 Å². The molecule has 1 amide bonds. The summed E-state index contributed by atoms with van der Waals surface area (Å²) < 4.78 is 0. The third-order valence-electron chi connectivity index (χ3n) is 5.32. The Morgan fingerprint density at radius 3 is 2.61 bits per heavy atom. The first-order valence-corrected chi connectivity index (χ1v) is 9.89. The highest BCUT2D eigenvalue weighted by Crippen LogP contribution is 2.23. The van der Waals surface area contributed by atoms with Crippen molar-refractivity contribution >= 4 is 34.4 Å². The molecule has 1 atom stereocenters. The summed E-state index contributed by atoms with van der Waals surface area (Å²) in [5, 5.41) is 1.72. The average Bonchev–Trinajstić information content (AvgIpc) is 3.22. The van der Waals surface area contributed by atoms with Crippen LogP contribution in [0.2, 0.25) is 5.02 Å². The van der Waals surface area contributed by atoms with Gasteiger partial charge in [-0.1, -0.05) is 23.7 Å². The number of carbonyl (C=O) groups excluding carboxylic acids is 1. The molecule has 146 valence electrons. The number of H-pyrrole nitrogens is 1. The smallest absolute Gasteiger partial charge is 0.231 e. The summed E-state index contributed by atoms with van der Waals surface area (Å²) in [7, 11) is 0. The number of amides is 1.